The summed E-state index contributed by atoms with van der Waals surface area (Å²) < 4.78 is 0. The summed E-state index contributed by atoms with van der Waals surface area (Å²) in [6, 6.07) is 7.60. The van der Waals surface area contributed by atoms with E-state index in [-0.39, 0.29) is 12.5 Å². The fraction of sp³-hybridized carbons (Fsp3) is 0.250. The summed E-state index contributed by atoms with van der Waals surface area (Å²) in [7, 11) is 0. The Hall–Kier alpha value is -1.17. The van der Waals surface area contributed by atoms with Gasteiger partial charge in [-0.2, -0.15) is 0 Å². The number of nitrogens with one attached hydrogen (secondary N) is 1. The van der Waals surface area contributed by atoms with Crippen molar-refractivity contribution in [3.05, 3.63) is 44.8 Å². The number of carbonyl (C=O) groups is 1. The van der Waals surface area contributed by atoms with Crippen LogP contribution >= 0.6 is 22.7 Å². The van der Waals surface area contributed by atoms with Crippen LogP contribution < -0.4 is 5.32 Å². The molecule has 3 nitrogen and oxygen atoms in total. The number of rotatable bonds is 5. The molecule has 17 heavy (non-hydrogen) atoms. The molecule has 90 valence electrons. The van der Waals surface area contributed by atoms with Gasteiger partial charge >= 0.3 is 0 Å². The van der Waals surface area contributed by atoms with Gasteiger partial charge in [0.1, 0.15) is 6.10 Å². The highest BCUT2D eigenvalue weighted by molar-refractivity contribution is 7.10. The summed E-state index contributed by atoms with van der Waals surface area (Å²) in [5.41, 5.74) is 0. The second-order valence-corrected chi connectivity index (χ2v) is 5.60. The van der Waals surface area contributed by atoms with Gasteiger partial charge in [-0.15, -0.1) is 22.7 Å². The van der Waals surface area contributed by atoms with E-state index in [9.17, 15) is 9.90 Å². The number of amides is 1. The van der Waals surface area contributed by atoms with Crippen molar-refractivity contribution in [1.29, 1.82) is 0 Å². The fourth-order valence-electron chi connectivity index (χ4n) is 1.43. The van der Waals surface area contributed by atoms with E-state index < -0.39 is 6.10 Å². The first-order valence-electron chi connectivity index (χ1n) is 5.26. The molecule has 2 rings (SSSR count). The molecule has 0 spiro atoms. The zero-order valence-electron chi connectivity index (χ0n) is 9.13. The molecule has 0 aromatic carbocycles. The van der Waals surface area contributed by atoms with E-state index >= 15 is 0 Å². The maximum Gasteiger partial charge on any atom is 0.225 e. The molecule has 1 atom stereocenters. The van der Waals surface area contributed by atoms with Crippen molar-refractivity contribution >= 4 is 28.6 Å². The molecule has 0 fully saturated rings. The van der Waals surface area contributed by atoms with E-state index in [1.165, 1.54) is 11.3 Å². The molecular weight excluding hydrogens is 254 g/mol. The van der Waals surface area contributed by atoms with Gasteiger partial charge in [-0.25, -0.2) is 0 Å². The second-order valence-electron chi connectivity index (χ2n) is 3.59. The third-order valence-corrected chi connectivity index (χ3v) is 4.13. The number of carbonyl (C=O) groups excluding carboxylic acids is 1. The van der Waals surface area contributed by atoms with Crippen molar-refractivity contribution < 1.29 is 9.90 Å². The highest BCUT2D eigenvalue weighted by Gasteiger charge is 2.10. The molecule has 0 aliphatic carbocycles. The van der Waals surface area contributed by atoms with Crippen LogP contribution in [0.4, 0.5) is 0 Å². The van der Waals surface area contributed by atoms with E-state index in [1.54, 1.807) is 11.3 Å². The van der Waals surface area contributed by atoms with Crippen molar-refractivity contribution in [2.75, 3.05) is 6.54 Å². The number of aliphatic hydroxyl groups excluding tert-OH is 1. The van der Waals surface area contributed by atoms with Gasteiger partial charge in [-0.3, -0.25) is 4.79 Å². The minimum atomic E-state index is -0.609. The lowest BCUT2D eigenvalue weighted by Crippen LogP contribution is -2.29. The Morgan fingerprint density at radius 3 is 2.71 bits per heavy atom. The normalized spacial score (nSPS) is 12.3. The highest BCUT2D eigenvalue weighted by Crippen LogP contribution is 2.17. The Bertz CT molecular complexity index is 451. The zero-order chi connectivity index (χ0) is 12.1. The minimum absolute atomic E-state index is 0.0527. The Morgan fingerprint density at radius 2 is 2.06 bits per heavy atom. The minimum Gasteiger partial charge on any atom is -0.386 e. The average molecular weight is 267 g/mol. The van der Waals surface area contributed by atoms with Crippen LogP contribution in [-0.4, -0.2) is 17.6 Å². The molecule has 0 bridgehead atoms. The average Bonchev–Trinajstić information content (AvgIpc) is 2.97. The monoisotopic (exact) mass is 267 g/mol. The molecule has 2 N–H and O–H groups in total. The summed E-state index contributed by atoms with van der Waals surface area (Å²) in [6.45, 7) is 0.269. The largest absolute Gasteiger partial charge is 0.386 e. The van der Waals surface area contributed by atoms with Gasteiger partial charge in [-0.05, 0) is 22.9 Å². The smallest absolute Gasteiger partial charge is 0.225 e. The van der Waals surface area contributed by atoms with Crippen LogP contribution in [0.25, 0.3) is 0 Å². The van der Waals surface area contributed by atoms with Crippen LogP contribution in [0.3, 0.4) is 0 Å². The SMILES string of the molecule is O=C(Cc1cccs1)NC[C@@H](O)c1cccs1. The number of hydrogen-bond donors (Lipinski definition) is 2. The fourth-order valence-corrected chi connectivity index (χ4v) is 2.84. The number of aliphatic hydroxyl groups is 1. The van der Waals surface area contributed by atoms with Crippen LogP contribution in [0.1, 0.15) is 15.9 Å². The van der Waals surface area contributed by atoms with Gasteiger partial charge in [0.2, 0.25) is 5.91 Å². The predicted molar refractivity (Wildman–Crippen MR) is 70.3 cm³/mol. The maximum atomic E-state index is 11.6. The molecule has 0 saturated heterocycles. The molecule has 2 aromatic rings. The lowest BCUT2D eigenvalue weighted by Gasteiger charge is -2.09. The third kappa shape index (κ3) is 3.66. The van der Waals surface area contributed by atoms with Crippen molar-refractivity contribution in [2.24, 2.45) is 0 Å². The molecule has 0 aliphatic heterocycles. The maximum absolute atomic E-state index is 11.6. The topological polar surface area (TPSA) is 49.3 Å². The summed E-state index contributed by atoms with van der Waals surface area (Å²) in [5, 5.41) is 16.4. The van der Waals surface area contributed by atoms with Crippen LogP contribution in [-0.2, 0) is 11.2 Å². The van der Waals surface area contributed by atoms with Gasteiger partial charge in [0.15, 0.2) is 0 Å². The summed E-state index contributed by atoms with van der Waals surface area (Å²) >= 11 is 3.05. The van der Waals surface area contributed by atoms with E-state index in [0.717, 1.165) is 9.75 Å². The van der Waals surface area contributed by atoms with Gasteiger partial charge < -0.3 is 10.4 Å². The molecule has 0 saturated carbocycles. The van der Waals surface area contributed by atoms with Crippen LogP contribution in [0, 0.1) is 0 Å². The summed E-state index contributed by atoms with van der Waals surface area (Å²) in [5.74, 6) is -0.0527. The predicted octanol–water partition coefficient (Wildman–Crippen LogP) is 2.20. The molecule has 0 unspecified atom stereocenters. The van der Waals surface area contributed by atoms with Gasteiger partial charge in [0, 0.05) is 16.3 Å². The lowest BCUT2D eigenvalue weighted by molar-refractivity contribution is -0.120. The second kappa shape index (κ2) is 5.95. The third-order valence-electron chi connectivity index (χ3n) is 2.28. The van der Waals surface area contributed by atoms with Crippen molar-refractivity contribution in [3.63, 3.8) is 0 Å². The number of thiophene rings is 2. The molecule has 1 amide bonds. The first-order chi connectivity index (χ1) is 8.25. The van der Waals surface area contributed by atoms with Crippen LogP contribution in [0.5, 0.6) is 0 Å². The van der Waals surface area contributed by atoms with Crippen molar-refractivity contribution in [3.8, 4) is 0 Å². The van der Waals surface area contributed by atoms with Crippen LogP contribution in [0.15, 0.2) is 35.0 Å². The Labute approximate surface area is 108 Å². The molecule has 2 heterocycles. The molecular formula is C12H13NO2S2. The summed E-state index contributed by atoms with van der Waals surface area (Å²) in [4.78, 5) is 13.5. The summed E-state index contributed by atoms with van der Waals surface area (Å²) in [6.07, 6.45) is -0.225. The zero-order valence-corrected chi connectivity index (χ0v) is 10.8. The first-order valence-corrected chi connectivity index (χ1v) is 7.02. The Kier molecular flexibility index (Phi) is 4.30. The highest BCUT2D eigenvalue weighted by atomic mass is 32.1. The van der Waals surface area contributed by atoms with Gasteiger partial charge in [0.25, 0.3) is 0 Å². The quantitative estimate of drug-likeness (QED) is 0.872. The van der Waals surface area contributed by atoms with E-state index in [0.29, 0.717) is 6.42 Å². The van der Waals surface area contributed by atoms with Crippen LogP contribution in [0.2, 0.25) is 0 Å². The van der Waals surface area contributed by atoms with Gasteiger partial charge in [-0.1, -0.05) is 12.1 Å². The Balaban J connectivity index is 1.76. The molecule has 0 aliphatic rings. The van der Waals surface area contributed by atoms with E-state index in [2.05, 4.69) is 5.32 Å². The van der Waals surface area contributed by atoms with E-state index in [4.69, 9.17) is 0 Å². The lowest BCUT2D eigenvalue weighted by atomic mass is 10.2. The molecule has 2 aromatic heterocycles. The van der Waals surface area contributed by atoms with E-state index in [1.807, 2.05) is 35.0 Å². The van der Waals surface area contributed by atoms with Crippen molar-refractivity contribution in [1.82, 2.24) is 5.32 Å². The standard InChI is InChI=1S/C12H13NO2S2/c14-10(11-4-2-6-17-11)8-13-12(15)7-9-3-1-5-16-9/h1-6,10,14H,7-8H2,(H,13,15)/t10-/m1/s1. The number of hydrogen-bond acceptors (Lipinski definition) is 4. The molecule has 5 heteroatoms. The first kappa shape index (κ1) is 12.3. The van der Waals surface area contributed by atoms with Gasteiger partial charge in [0.05, 0.1) is 6.42 Å². The van der Waals surface area contributed by atoms with Crippen molar-refractivity contribution in [2.45, 2.75) is 12.5 Å². The Morgan fingerprint density at radius 1 is 1.29 bits per heavy atom. The molecule has 0 radical (unpaired) electrons.